The summed E-state index contributed by atoms with van der Waals surface area (Å²) in [6, 6.07) is 6.93. The van der Waals surface area contributed by atoms with Crippen LogP contribution in [0.25, 0.3) is 46.2 Å². The van der Waals surface area contributed by atoms with Crippen LogP contribution in [0.5, 0.6) is 28.7 Å². The van der Waals surface area contributed by atoms with Gasteiger partial charge in [0.1, 0.15) is 68.3 Å². The lowest BCUT2D eigenvalue weighted by Gasteiger charge is -2.37. The Morgan fingerprint density at radius 1 is 0.646 bits per heavy atom. The van der Waals surface area contributed by atoms with Crippen molar-refractivity contribution in [1.29, 1.82) is 0 Å². The molecular formula is C46H37Cl2F5N2O10. The topological polar surface area (TPSA) is 177 Å². The van der Waals surface area contributed by atoms with Crippen LogP contribution in [0.3, 0.4) is 0 Å². The molecule has 19 heteroatoms. The number of piperidine rings is 2. The highest BCUT2D eigenvalue weighted by Gasteiger charge is 2.37. The van der Waals surface area contributed by atoms with Gasteiger partial charge in [0, 0.05) is 70.9 Å². The molecule has 6 aromatic rings. The average Bonchev–Trinajstić information content (AvgIpc) is 3.24. The van der Waals surface area contributed by atoms with Crippen molar-refractivity contribution in [2.24, 2.45) is 0 Å². The van der Waals surface area contributed by atoms with Gasteiger partial charge in [-0.2, -0.15) is 0 Å². The van der Waals surface area contributed by atoms with Crippen molar-refractivity contribution in [3.63, 3.8) is 0 Å². The minimum atomic E-state index is -2.35. The molecular weight excluding hydrogens is 906 g/mol. The standard InChI is InChI=1S/C46H37Cl2F5N2O10/c1-54-11-9-22(32(62)17-54)35-28(58)15-30(60)37-26(56)13-19(63-45(35)37)3-5-21-25(47)7-8-33(39(21)48)65-34-18-55(2)12-10-23(34)36-29(59)16-31(61)38-27(57)14-20(64-46(36)38)4-6-24-40(49)42(51)44(53)43(52)41(24)50/h3-8,13-16,22-23,32,34,58-62H,9-12,17-18H2,1-2H3/b5-3+,6-4+. The summed E-state index contributed by atoms with van der Waals surface area (Å²) >= 11 is 13.6. The maximum absolute atomic E-state index is 14.5. The Balaban J connectivity index is 1.15. The first-order chi connectivity index (χ1) is 30.8. The fourth-order valence-electron chi connectivity index (χ4n) is 8.56. The number of nitrogens with zero attached hydrogens (tertiary/aromatic N) is 2. The number of hydrogen-bond donors (Lipinski definition) is 5. The van der Waals surface area contributed by atoms with Crippen LogP contribution in [0.4, 0.5) is 22.0 Å². The smallest absolute Gasteiger partial charge is 0.200 e. The molecule has 2 aromatic heterocycles. The van der Waals surface area contributed by atoms with Crippen LogP contribution >= 0.6 is 23.2 Å². The molecule has 0 amide bonds. The lowest BCUT2D eigenvalue weighted by molar-refractivity contribution is 0.0630. The zero-order chi connectivity index (χ0) is 46.8. The van der Waals surface area contributed by atoms with Gasteiger partial charge in [-0.3, -0.25) is 9.59 Å². The van der Waals surface area contributed by atoms with E-state index in [4.69, 9.17) is 36.8 Å². The molecule has 4 atom stereocenters. The molecule has 2 saturated heterocycles. The van der Waals surface area contributed by atoms with Crippen LogP contribution in [-0.4, -0.2) is 87.8 Å². The summed E-state index contributed by atoms with van der Waals surface area (Å²) in [5.41, 5.74) is -2.85. The highest BCUT2D eigenvalue weighted by atomic mass is 35.5. The first-order valence-electron chi connectivity index (χ1n) is 20.0. The molecule has 65 heavy (non-hydrogen) atoms. The molecule has 0 radical (unpaired) electrons. The number of fused-ring (bicyclic) bond motifs is 2. The highest BCUT2D eigenvalue weighted by Crippen LogP contribution is 2.45. The molecule has 4 unspecified atom stereocenters. The van der Waals surface area contributed by atoms with Crippen LogP contribution in [0.2, 0.25) is 10.0 Å². The number of phenols is 4. The van der Waals surface area contributed by atoms with E-state index in [1.807, 2.05) is 16.8 Å². The van der Waals surface area contributed by atoms with Crippen molar-refractivity contribution in [3.05, 3.63) is 130 Å². The predicted octanol–water partition coefficient (Wildman–Crippen LogP) is 8.71. The van der Waals surface area contributed by atoms with Gasteiger partial charge in [0.15, 0.2) is 34.1 Å². The molecule has 2 fully saturated rings. The number of benzene rings is 4. The van der Waals surface area contributed by atoms with Gasteiger partial charge >= 0.3 is 0 Å². The van der Waals surface area contributed by atoms with Crippen LogP contribution in [0, 0.1) is 29.1 Å². The summed E-state index contributed by atoms with van der Waals surface area (Å²) < 4.78 is 89.0. The van der Waals surface area contributed by atoms with Gasteiger partial charge in [-0.05, 0) is 76.5 Å². The molecule has 0 spiro atoms. The van der Waals surface area contributed by atoms with Crippen LogP contribution < -0.4 is 15.6 Å². The van der Waals surface area contributed by atoms with E-state index in [1.54, 1.807) is 7.05 Å². The zero-order valence-corrected chi connectivity index (χ0v) is 35.7. The highest BCUT2D eigenvalue weighted by molar-refractivity contribution is 6.38. The number of aliphatic hydroxyl groups is 1. The normalized spacial score (nSPS) is 19.9. The number of aromatic hydroxyl groups is 4. The van der Waals surface area contributed by atoms with Crippen LogP contribution in [0.1, 0.15) is 58.5 Å². The number of rotatable bonds is 8. The summed E-state index contributed by atoms with van der Waals surface area (Å²) in [5, 5.41) is 54.2. The van der Waals surface area contributed by atoms with Crippen molar-refractivity contribution in [3.8, 4) is 28.7 Å². The molecule has 2 aliphatic heterocycles. The van der Waals surface area contributed by atoms with E-state index in [0.29, 0.717) is 32.1 Å². The molecule has 340 valence electrons. The average molecular weight is 944 g/mol. The lowest BCUT2D eigenvalue weighted by Crippen LogP contribution is -2.44. The van der Waals surface area contributed by atoms with E-state index in [1.165, 1.54) is 24.3 Å². The number of β-amino-alcohol motifs (C(OH)–C–C–N with tert-alkyl or cyclic N) is 1. The van der Waals surface area contributed by atoms with E-state index in [0.717, 1.165) is 30.3 Å². The summed E-state index contributed by atoms with van der Waals surface area (Å²) in [5.74, 6) is -14.7. The number of likely N-dealkylation sites (N-methyl/N-ethyl adjacent to an activating group) is 2. The summed E-state index contributed by atoms with van der Waals surface area (Å²) in [4.78, 5) is 30.6. The van der Waals surface area contributed by atoms with Gasteiger partial charge in [-0.15, -0.1) is 0 Å². The van der Waals surface area contributed by atoms with Crippen molar-refractivity contribution < 1.29 is 61.1 Å². The Labute approximate surface area is 374 Å². The fraction of sp³-hybridized carbons (Fsp3) is 0.261. The molecule has 4 heterocycles. The number of aliphatic hydroxyl groups excluding tert-OH is 1. The Hall–Kier alpha value is -6.11. The summed E-state index contributed by atoms with van der Waals surface area (Å²) in [6.07, 6.45) is 3.09. The molecule has 0 aliphatic carbocycles. The second kappa shape index (κ2) is 17.7. The Morgan fingerprint density at radius 3 is 1.66 bits per heavy atom. The zero-order valence-electron chi connectivity index (χ0n) is 34.1. The van der Waals surface area contributed by atoms with Gasteiger partial charge in [0.2, 0.25) is 5.82 Å². The van der Waals surface area contributed by atoms with Crippen molar-refractivity contribution in [2.45, 2.75) is 36.9 Å². The monoisotopic (exact) mass is 942 g/mol. The maximum Gasteiger partial charge on any atom is 0.200 e. The summed E-state index contributed by atoms with van der Waals surface area (Å²) in [7, 11) is 3.64. The van der Waals surface area contributed by atoms with Gasteiger partial charge in [-0.1, -0.05) is 23.2 Å². The SMILES string of the molecule is CN1CCC(c2c(O)cc(O)c3c(=O)cc(/C=C/c4c(Cl)ccc(OC5CN(C)CCC5c5c(O)cc(O)c6c(=O)cc(/C=C/c7c(F)c(F)c(F)c(F)c7F)oc56)c4Cl)oc23)C(O)C1. The number of likely N-dealkylation sites (tertiary alicyclic amines) is 2. The Morgan fingerprint density at radius 2 is 1.12 bits per heavy atom. The largest absolute Gasteiger partial charge is 0.507 e. The quantitative estimate of drug-likeness (QED) is 0.0558. The number of ether oxygens (including phenoxy) is 1. The van der Waals surface area contributed by atoms with E-state index >= 15 is 0 Å². The van der Waals surface area contributed by atoms with Crippen LogP contribution in [-0.2, 0) is 0 Å². The van der Waals surface area contributed by atoms with Gasteiger partial charge in [0.05, 0.1) is 16.7 Å². The second-order valence-corrected chi connectivity index (χ2v) is 16.8. The fourth-order valence-corrected chi connectivity index (χ4v) is 9.10. The molecule has 0 bridgehead atoms. The molecule has 5 N–H and O–H groups in total. The van der Waals surface area contributed by atoms with Crippen LogP contribution in [0.15, 0.2) is 54.8 Å². The van der Waals surface area contributed by atoms with Gasteiger partial charge in [-0.25, -0.2) is 22.0 Å². The third-order valence-electron chi connectivity index (χ3n) is 11.8. The molecule has 0 saturated carbocycles. The minimum absolute atomic E-state index is 0.000212. The van der Waals surface area contributed by atoms with Crippen molar-refractivity contribution in [2.75, 3.05) is 40.3 Å². The minimum Gasteiger partial charge on any atom is -0.507 e. The summed E-state index contributed by atoms with van der Waals surface area (Å²) in [6.45, 7) is 1.52. The van der Waals surface area contributed by atoms with E-state index in [2.05, 4.69) is 0 Å². The van der Waals surface area contributed by atoms with Crippen molar-refractivity contribution >= 4 is 69.4 Å². The van der Waals surface area contributed by atoms with E-state index in [9.17, 15) is 57.1 Å². The van der Waals surface area contributed by atoms with Gasteiger partial charge < -0.3 is 48.9 Å². The first kappa shape index (κ1) is 45.5. The van der Waals surface area contributed by atoms with Gasteiger partial charge in [0.25, 0.3) is 0 Å². The molecule has 2 aliphatic rings. The van der Waals surface area contributed by atoms with E-state index < -0.39 is 92.6 Å². The molecule has 12 nitrogen and oxygen atoms in total. The Kier molecular flexibility index (Phi) is 12.4. The van der Waals surface area contributed by atoms with E-state index in [-0.39, 0.29) is 78.9 Å². The number of halogens is 7. The third-order valence-corrected chi connectivity index (χ3v) is 12.5. The number of hydrogen-bond acceptors (Lipinski definition) is 12. The third kappa shape index (κ3) is 8.38. The van der Waals surface area contributed by atoms with Crippen molar-refractivity contribution in [1.82, 2.24) is 9.80 Å². The molecule has 4 aromatic carbocycles. The maximum atomic E-state index is 14.5. The lowest BCUT2D eigenvalue weighted by atomic mass is 9.85. The predicted molar refractivity (Wildman–Crippen MR) is 232 cm³/mol. The second-order valence-electron chi connectivity index (χ2n) is 16.1. The Bertz CT molecular complexity index is 3080. The first-order valence-corrected chi connectivity index (χ1v) is 20.7. The number of phenolic OH excluding ortho intramolecular Hbond substituents is 4. The molecule has 8 rings (SSSR count).